The molecule has 0 aliphatic rings. The lowest BCUT2D eigenvalue weighted by Crippen LogP contribution is -3.00. The molecule has 0 saturated carbocycles. The van der Waals surface area contributed by atoms with E-state index in [4.69, 9.17) is 0 Å². The first-order valence-electron chi connectivity index (χ1n) is 10.8. The average Bonchev–Trinajstić information content (AvgIpc) is 2.74. The molecular formula is C24H33FIN3O. The Balaban J connectivity index is 0.00000450. The van der Waals surface area contributed by atoms with E-state index in [0.29, 0.717) is 5.56 Å². The highest BCUT2D eigenvalue weighted by Crippen LogP contribution is 2.09. The van der Waals surface area contributed by atoms with Gasteiger partial charge in [-0.2, -0.15) is 5.10 Å². The van der Waals surface area contributed by atoms with E-state index in [1.807, 2.05) is 12.4 Å². The summed E-state index contributed by atoms with van der Waals surface area (Å²) in [5, 5.41) is 3.92. The first-order chi connectivity index (χ1) is 14.2. The molecule has 4 nitrogen and oxygen atoms in total. The SMILES string of the molecule is CCCCCCCCCCC[n+]1ccc(C(=O)NN=Cc2ccc(F)cc2)cc1.[I-]. The van der Waals surface area contributed by atoms with Crippen molar-refractivity contribution in [3.05, 3.63) is 65.7 Å². The number of hydrogen-bond donors (Lipinski definition) is 1. The number of rotatable bonds is 13. The van der Waals surface area contributed by atoms with E-state index in [1.165, 1.54) is 69.7 Å². The number of carbonyl (C=O) groups is 1. The van der Waals surface area contributed by atoms with Gasteiger partial charge < -0.3 is 24.0 Å². The third-order valence-electron chi connectivity index (χ3n) is 4.92. The van der Waals surface area contributed by atoms with E-state index in [-0.39, 0.29) is 35.7 Å². The summed E-state index contributed by atoms with van der Waals surface area (Å²) >= 11 is 0. The van der Waals surface area contributed by atoms with Crippen LogP contribution in [0, 0.1) is 5.82 Å². The second-order valence-electron chi connectivity index (χ2n) is 7.40. The average molecular weight is 525 g/mol. The van der Waals surface area contributed by atoms with Gasteiger partial charge in [-0.05, 0) is 24.1 Å². The van der Waals surface area contributed by atoms with Crippen LogP contribution in [0.15, 0.2) is 53.9 Å². The van der Waals surface area contributed by atoms with Crippen LogP contribution in [-0.2, 0) is 6.54 Å². The fourth-order valence-electron chi connectivity index (χ4n) is 3.14. The molecule has 0 aliphatic carbocycles. The number of unbranched alkanes of at least 4 members (excludes halogenated alkanes) is 8. The van der Waals surface area contributed by atoms with Crippen molar-refractivity contribution in [2.24, 2.45) is 5.10 Å². The molecule has 164 valence electrons. The standard InChI is InChI=1S/C24H32FN3O.HI/c1-2-3-4-5-6-7-8-9-10-17-28-18-15-22(16-19-28)24(29)27-26-20-21-11-13-23(25)14-12-21;/h11-16,18-20H,2-10,17H2,1H3;1H. The first kappa shape index (κ1) is 26.2. The van der Waals surface area contributed by atoms with Crippen molar-refractivity contribution < 1.29 is 37.7 Å². The van der Waals surface area contributed by atoms with Gasteiger partial charge in [0.2, 0.25) is 0 Å². The van der Waals surface area contributed by atoms with E-state index >= 15 is 0 Å². The molecule has 0 aliphatic heterocycles. The molecule has 2 rings (SSSR count). The van der Waals surface area contributed by atoms with Gasteiger partial charge in [-0.25, -0.2) is 14.4 Å². The molecule has 0 fully saturated rings. The van der Waals surface area contributed by atoms with Gasteiger partial charge in [0, 0.05) is 18.6 Å². The maximum absolute atomic E-state index is 12.9. The van der Waals surface area contributed by atoms with E-state index in [9.17, 15) is 9.18 Å². The van der Waals surface area contributed by atoms with Crippen molar-refractivity contribution >= 4 is 12.1 Å². The maximum atomic E-state index is 12.9. The first-order valence-corrected chi connectivity index (χ1v) is 10.8. The number of nitrogens with one attached hydrogen (secondary N) is 1. The van der Waals surface area contributed by atoms with Crippen molar-refractivity contribution in [3.63, 3.8) is 0 Å². The largest absolute Gasteiger partial charge is 1.00 e. The quantitative estimate of drug-likeness (QED) is 0.141. The van der Waals surface area contributed by atoms with Crippen molar-refractivity contribution in [2.75, 3.05) is 0 Å². The van der Waals surface area contributed by atoms with Crippen LogP contribution in [0.2, 0.25) is 0 Å². The van der Waals surface area contributed by atoms with Gasteiger partial charge in [-0.15, -0.1) is 0 Å². The lowest BCUT2D eigenvalue weighted by atomic mass is 10.1. The Kier molecular flexibility index (Phi) is 13.9. The van der Waals surface area contributed by atoms with E-state index in [1.54, 1.807) is 24.3 Å². The number of carbonyl (C=O) groups excluding carboxylic acids is 1. The number of aryl methyl sites for hydroxylation is 1. The minimum atomic E-state index is -0.300. The highest BCUT2D eigenvalue weighted by atomic mass is 127. The topological polar surface area (TPSA) is 45.3 Å². The molecule has 2 aromatic rings. The summed E-state index contributed by atoms with van der Waals surface area (Å²) in [5.74, 6) is -0.565. The van der Waals surface area contributed by atoms with Crippen LogP contribution in [0.25, 0.3) is 0 Å². The van der Waals surface area contributed by atoms with Crippen molar-refractivity contribution in [1.29, 1.82) is 0 Å². The highest BCUT2D eigenvalue weighted by molar-refractivity contribution is 5.94. The Morgan fingerprint density at radius 1 is 0.933 bits per heavy atom. The zero-order chi connectivity index (χ0) is 20.7. The molecule has 0 unspecified atom stereocenters. The molecule has 1 aromatic heterocycles. The van der Waals surface area contributed by atoms with Crippen molar-refractivity contribution in [1.82, 2.24) is 5.43 Å². The number of hydrazone groups is 1. The van der Waals surface area contributed by atoms with Crippen LogP contribution >= 0.6 is 0 Å². The van der Waals surface area contributed by atoms with Gasteiger partial charge in [-0.1, -0.05) is 64.0 Å². The van der Waals surface area contributed by atoms with Gasteiger partial charge in [-0.3, -0.25) is 4.79 Å². The molecule has 0 saturated heterocycles. The summed E-state index contributed by atoms with van der Waals surface area (Å²) in [7, 11) is 0. The maximum Gasteiger partial charge on any atom is 0.271 e. The van der Waals surface area contributed by atoms with Gasteiger partial charge >= 0.3 is 0 Å². The third kappa shape index (κ3) is 10.8. The van der Waals surface area contributed by atoms with Crippen LogP contribution < -0.4 is 34.0 Å². The Morgan fingerprint density at radius 3 is 2.10 bits per heavy atom. The van der Waals surface area contributed by atoms with E-state index < -0.39 is 0 Å². The number of aromatic nitrogens is 1. The molecule has 1 N–H and O–H groups in total. The Morgan fingerprint density at radius 2 is 1.50 bits per heavy atom. The van der Waals surface area contributed by atoms with Crippen LogP contribution in [0.4, 0.5) is 4.39 Å². The molecule has 1 aromatic carbocycles. The van der Waals surface area contributed by atoms with E-state index in [2.05, 4.69) is 22.0 Å². The lowest BCUT2D eigenvalue weighted by Gasteiger charge is -2.02. The number of nitrogens with zero attached hydrogens (tertiary/aromatic N) is 2. The Labute approximate surface area is 197 Å². The molecule has 0 atom stereocenters. The monoisotopic (exact) mass is 525 g/mol. The molecule has 1 amide bonds. The van der Waals surface area contributed by atoms with Gasteiger partial charge in [0.15, 0.2) is 12.4 Å². The van der Waals surface area contributed by atoms with Gasteiger partial charge in [0.1, 0.15) is 12.4 Å². The Hall–Kier alpha value is -1.83. The van der Waals surface area contributed by atoms with Crippen LogP contribution in [0.5, 0.6) is 0 Å². The summed E-state index contributed by atoms with van der Waals surface area (Å²) in [5.41, 5.74) is 3.77. The highest BCUT2D eigenvalue weighted by Gasteiger charge is 2.07. The molecule has 0 bridgehead atoms. The van der Waals surface area contributed by atoms with Crippen LogP contribution in [-0.4, -0.2) is 12.1 Å². The number of amides is 1. The fraction of sp³-hybridized carbons (Fsp3) is 0.458. The minimum absolute atomic E-state index is 0. The third-order valence-corrected chi connectivity index (χ3v) is 4.92. The van der Waals surface area contributed by atoms with E-state index in [0.717, 1.165) is 18.5 Å². The summed E-state index contributed by atoms with van der Waals surface area (Å²) < 4.78 is 15.0. The molecule has 30 heavy (non-hydrogen) atoms. The molecule has 1 heterocycles. The zero-order valence-corrected chi connectivity index (χ0v) is 20.0. The minimum Gasteiger partial charge on any atom is -1.00 e. The van der Waals surface area contributed by atoms with Crippen LogP contribution in [0.3, 0.4) is 0 Å². The fourth-order valence-corrected chi connectivity index (χ4v) is 3.14. The number of pyridine rings is 1. The van der Waals surface area contributed by atoms with Gasteiger partial charge in [0.25, 0.3) is 5.91 Å². The molecule has 0 spiro atoms. The smallest absolute Gasteiger partial charge is 0.271 e. The lowest BCUT2D eigenvalue weighted by molar-refractivity contribution is -0.697. The predicted octanol–water partition coefficient (Wildman–Crippen LogP) is 2.41. The second-order valence-corrected chi connectivity index (χ2v) is 7.40. The Bertz CT molecular complexity index is 748. The number of hydrogen-bond acceptors (Lipinski definition) is 2. The predicted molar refractivity (Wildman–Crippen MR) is 115 cm³/mol. The summed E-state index contributed by atoms with van der Waals surface area (Å²) in [4.78, 5) is 12.1. The molecular weight excluding hydrogens is 492 g/mol. The summed E-state index contributed by atoms with van der Waals surface area (Å²) in [6, 6.07) is 9.51. The van der Waals surface area contributed by atoms with Crippen LogP contribution in [0.1, 0.15) is 80.6 Å². The molecule has 0 radical (unpaired) electrons. The number of halogens is 2. The number of benzene rings is 1. The zero-order valence-electron chi connectivity index (χ0n) is 17.8. The molecule has 6 heteroatoms. The van der Waals surface area contributed by atoms with Gasteiger partial charge in [0.05, 0.1) is 11.8 Å². The summed E-state index contributed by atoms with van der Waals surface area (Å²) in [6.45, 7) is 3.22. The normalized spacial score (nSPS) is 10.7. The van der Waals surface area contributed by atoms with Crippen molar-refractivity contribution in [2.45, 2.75) is 71.3 Å². The van der Waals surface area contributed by atoms with Crippen molar-refractivity contribution in [3.8, 4) is 0 Å². The summed E-state index contributed by atoms with van der Waals surface area (Å²) in [6.07, 6.45) is 17.2. The second kappa shape index (κ2) is 15.9.